The van der Waals surface area contributed by atoms with Crippen LogP contribution >= 0.6 is 11.6 Å². The fraction of sp³-hybridized carbons (Fsp3) is 0.867. The summed E-state index contributed by atoms with van der Waals surface area (Å²) in [5.41, 5.74) is -0.0590. The fourth-order valence-electron chi connectivity index (χ4n) is 1.58. The van der Waals surface area contributed by atoms with Gasteiger partial charge in [0.1, 0.15) is 12.3 Å². The van der Waals surface area contributed by atoms with Crippen molar-refractivity contribution in [2.24, 2.45) is 0 Å². The molecule has 22 heavy (non-hydrogen) atoms. The Labute approximate surface area is 138 Å². The Balaban J connectivity index is 3.28. The van der Waals surface area contributed by atoms with E-state index in [2.05, 4.69) is 5.32 Å². The number of esters is 1. The van der Waals surface area contributed by atoms with Crippen molar-refractivity contribution in [1.82, 2.24) is 5.32 Å². The molecule has 0 saturated carbocycles. The van der Waals surface area contributed by atoms with Crippen LogP contribution in [0.2, 0.25) is 0 Å². The van der Waals surface area contributed by atoms with Crippen LogP contribution in [-0.4, -0.2) is 64.2 Å². The summed E-state index contributed by atoms with van der Waals surface area (Å²) in [6, 6.07) is 0. The molecule has 0 spiro atoms. The molecule has 0 unspecified atom stereocenters. The van der Waals surface area contributed by atoms with Crippen molar-refractivity contribution in [3.8, 4) is 0 Å². The highest BCUT2D eigenvalue weighted by Gasteiger charge is 2.10. The molecule has 0 bridgehead atoms. The van der Waals surface area contributed by atoms with Crippen molar-refractivity contribution in [3.63, 3.8) is 0 Å². The Morgan fingerprint density at radius 3 is 2.36 bits per heavy atom. The van der Waals surface area contributed by atoms with Crippen LogP contribution in [0.4, 0.5) is 0 Å². The second-order valence-electron chi connectivity index (χ2n) is 4.80. The molecule has 6 nitrogen and oxygen atoms in total. The van der Waals surface area contributed by atoms with Gasteiger partial charge in [0.25, 0.3) is 0 Å². The molecule has 0 fully saturated rings. The van der Waals surface area contributed by atoms with E-state index >= 15 is 0 Å². The summed E-state index contributed by atoms with van der Waals surface area (Å²) in [6.45, 7) is 2.94. The average Bonchev–Trinajstić information content (AvgIpc) is 2.52. The molecule has 0 amide bonds. The van der Waals surface area contributed by atoms with Crippen molar-refractivity contribution in [2.45, 2.75) is 32.1 Å². The van der Waals surface area contributed by atoms with Crippen LogP contribution in [0, 0.1) is 5.41 Å². The first-order valence-corrected chi connectivity index (χ1v) is 8.36. The van der Waals surface area contributed by atoms with Gasteiger partial charge in [0.15, 0.2) is 0 Å². The molecule has 0 aromatic carbocycles. The summed E-state index contributed by atoms with van der Waals surface area (Å²) < 4.78 is 15.6. The summed E-state index contributed by atoms with van der Waals surface area (Å²) >= 11 is 5.59. The van der Waals surface area contributed by atoms with E-state index in [0.717, 1.165) is 38.2 Å². The van der Waals surface area contributed by atoms with Crippen molar-refractivity contribution in [1.29, 1.82) is 5.41 Å². The lowest BCUT2D eigenvalue weighted by Crippen LogP contribution is -2.23. The summed E-state index contributed by atoms with van der Waals surface area (Å²) in [6.07, 6.45) is 4.65. The Bertz CT molecular complexity index is 291. The number of carbonyl (C=O) groups is 1. The third-order valence-corrected chi connectivity index (χ3v) is 3.14. The third kappa shape index (κ3) is 14.3. The normalized spacial score (nSPS) is 10.6. The number of hydrogen-bond acceptors (Lipinski definition) is 6. The highest BCUT2D eigenvalue weighted by Crippen LogP contribution is 2.01. The minimum atomic E-state index is -0.577. The monoisotopic (exact) mass is 336 g/mol. The van der Waals surface area contributed by atoms with Gasteiger partial charge in [-0.15, -0.1) is 11.6 Å². The van der Waals surface area contributed by atoms with Gasteiger partial charge in [-0.3, -0.25) is 5.41 Å². The van der Waals surface area contributed by atoms with Crippen LogP contribution < -0.4 is 5.32 Å². The Morgan fingerprint density at radius 2 is 1.68 bits per heavy atom. The highest BCUT2D eigenvalue weighted by atomic mass is 35.5. The molecule has 0 aromatic rings. The smallest absolute Gasteiger partial charge is 0.352 e. The van der Waals surface area contributed by atoms with E-state index in [0.29, 0.717) is 26.4 Å². The van der Waals surface area contributed by atoms with Crippen LogP contribution in [-0.2, 0) is 19.0 Å². The van der Waals surface area contributed by atoms with E-state index in [9.17, 15) is 4.79 Å². The Morgan fingerprint density at radius 1 is 1.00 bits per heavy atom. The van der Waals surface area contributed by atoms with Crippen molar-refractivity contribution >= 4 is 23.3 Å². The second-order valence-corrected chi connectivity index (χ2v) is 5.17. The number of likely N-dealkylation sites (N-methyl/N-ethyl adjacent to an activating group) is 1. The zero-order valence-corrected chi connectivity index (χ0v) is 14.3. The maximum Gasteiger partial charge on any atom is 0.352 e. The van der Waals surface area contributed by atoms with Gasteiger partial charge in [0, 0.05) is 25.5 Å². The minimum Gasteiger partial charge on any atom is -0.460 e. The molecular formula is C15H29ClN2O4. The standard InChI is InChI=1S/C15H29ClN2O4/c1-18-8-11-22-15(19)14(17)6-10-21-13-12-20-9-5-3-2-4-7-16/h17-18H,2-13H2,1H3. The van der Waals surface area contributed by atoms with E-state index in [1.165, 1.54) is 0 Å². The summed E-state index contributed by atoms with van der Waals surface area (Å²) in [7, 11) is 1.77. The lowest BCUT2D eigenvalue weighted by Gasteiger charge is -2.07. The molecule has 7 heteroatoms. The van der Waals surface area contributed by atoms with Crippen molar-refractivity contribution < 1.29 is 19.0 Å². The van der Waals surface area contributed by atoms with E-state index in [1.54, 1.807) is 7.05 Å². The SMILES string of the molecule is CNCCOC(=O)C(=N)CCOCCOCCCCCCCl. The lowest BCUT2D eigenvalue weighted by atomic mass is 10.2. The molecule has 0 saturated heterocycles. The van der Waals surface area contributed by atoms with Crippen molar-refractivity contribution in [3.05, 3.63) is 0 Å². The van der Waals surface area contributed by atoms with Crippen LogP contribution in [0.3, 0.4) is 0 Å². The maximum absolute atomic E-state index is 11.4. The van der Waals surface area contributed by atoms with Gasteiger partial charge in [0.05, 0.1) is 19.8 Å². The Kier molecular flexibility index (Phi) is 16.2. The topological polar surface area (TPSA) is 80.6 Å². The molecule has 2 N–H and O–H groups in total. The van der Waals surface area contributed by atoms with Gasteiger partial charge < -0.3 is 19.5 Å². The van der Waals surface area contributed by atoms with E-state index in [4.69, 9.17) is 31.2 Å². The molecule has 0 aliphatic carbocycles. The van der Waals surface area contributed by atoms with Crippen LogP contribution in [0.1, 0.15) is 32.1 Å². The number of nitrogens with one attached hydrogen (secondary N) is 2. The predicted molar refractivity (Wildman–Crippen MR) is 88.1 cm³/mol. The number of halogens is 1. The first-order valence-electron chi connectivity index (χ1n) is 7.83. The number of hydrogen-bond donors (Lipinski definition) is 2. The first-order chi connectivity index (χ1) is 10.7. The molecule has 0 heterocycles. The van der Waals surface area contributed by atoms with Gasteiger partial charge in [0.2, 0.25) is 0 Å². The zero-order chi connectivity index (χ0) is 16.5. The Hall–Kier alpha value is -0.690. The van der Waals surface area contributed by atoms with E-state index in [1.807, 2.05) is 0 Å². The number of alkyl halides is 1. The first kappa shape index (κ1) is 21.3. The largest absolute Gasteiger partial charge is 0.460 e. The van der Waals surface area contributed by atoms with Gasteiger partial charge >= 0.3 is 5.97 Å². The zero-order valence-electron chi connectivity index (χ0n) is 13.5. The number of unbranched alkanes of at least 4 members (excludes halogenated alkanes) is 3. The highest BCUT2D eigenvalue weighted by molar-refractivity contribution is 6.35. The number of carbonyl (C=O) groups excluding carboxylic acids is 1. The van der Waals surface area contributed by atoms with Gasteiger partial charge in [-0.1, -0.05) is 12.8 Å². The summed E-state index contributed by atoms with van der Waals surface area (Å²) in [5.74, 6) is 0.152. The lowest BCUT2D eigenvalue weighted by molar-refractivity contribution is -0.135. The molecule has 0 aliphatic rings. The molecule has 0 atom stereocenters. The second kappa shape index (κ2) is 16.7. The maximum atomic E-state index is 11.4. The molecule has 0 rings (SSSR count). The van der Waals surface area contributed by atoms with Gasteiger partial charge in [-0.25, -0.2) is 4.79 Å². The molecular weight excluding hydrogens is 308 g/mol. The minimum absolute atomic E-state index is 0.0590. The quantitative estimate of drug-likeness (QED) is 0.195. The van der Waals surface area contributed by atoms with Crippen LogP contribution in [0.25, 0.3) is 0 Å². The molecule has 0 aromatic heterocycles. The predicted octanol–water partition coefficient (Wildman–Crippen LogP) is 1.99. The van der Waals surface area contributed by atoms with Crippen LogP contribution in [0.5, 0.6) is 0 Å². The summed E-state index contributed by atoms with van der Waals surface area (Å²) in [4.78, 5) is 11.4. The molecule has 0 radical (unpaired) electrons. The van der Waals surface area contributed by atoms with E-state index < -0.39 is 5.97 Å². The average molecular weight is 337 g/mol. The number of ether oxygens (including phenoxy) is 3. The molecule has 0 aliphatic heterocycles. The number of rotatable bonds is 16. The third-order valence-electron chi connectivity index (χ3n) is 2.87. The molecule has 130 valence electrons. The van der Waals surface area contributed by atoms with E-state index in [-0.39, 0.29) is 18.7 Å². The van der Waals surface area contributed by atoms with Gasteiger partial charge in [-0.05, 0) is 19.9 Å². The van der Waals surface area contributed by atoms with Gasteiger partial charge in [-0.2, -0.15) is 0 Å². The fourth-order valence-corrected chi connectivity index (χ4v) is 1.77. The van der Waals surface area contributed by atoms with Crippen LogP contribution in [0.15, 0.2) is 0 Å². The summed E-state index contributed by atoms with van der Waals surface area (Å²) in [5, 5.41) is 10.4. The van der Waals surface area contributed by atoms with Crippen molar-refractivity contribution in [2.75, 3.05) is 52.5 Å².